The number of carboxylic acid groups (broad SMARTS) is 1. The van der Waals surface area contributed by atoms with Crippen molar-refractivity contribution in [3.63, 3.8) is 0 Å². The van der Waals surface area contributed by atoms with Gasteiger partial charge in [0.25, 0.3) is 0 Å². The van der Waals surface area contributed by atoms with Crippen LogP contribution in [0.4, 0.5) is 0 Å². The van der Waals surface area contributed by atoms with Crippen molar-refractivity contribution in [2.24, 2.45) is 0 Å². The van der Waals surface area contributed by atoms with Gasteiger partial charge >= 0.3 is 5.97 Å². The van der Waals surface area contributed by atoms with Crippen LogP contribution in [0, 0.1) is 0 Å². The summed E-state index contributed by atoms with van der Waals surface area (Å²) in [6, 6.07) is 5.48. The summed E-state index contributed by atoms with van der Waals surface area (Å²) in [6.07, 6.45) is 1.78. The lowest BCUT2D eigenvalue weighted by atomic mass is 10.1. The predicted octanol–water partition coefficient (Wildman–Crippen LogP) is 2.08. The summed E-state index contributed by atoms with van der Waals surface area (Å²) < 4.78 is 26.7. The lowest BCUT2D eigenvalue weighted by Crippen LogP contribution is -2.47. The topological polar surface area (TPSA) is 74.7 Å². The highest BCUT2D eigenvalue weighted by molar-refractivity contribution is 9.10. The lowest BCUT2D eigenvalue weighted by molar-refractivity contribution is -0.142. The van der Waals surface area contributed by atoms with Crippen molar-refractivity contribution >= 4 is 31.9 Å². The fraction of sp³-hybridized carbons (Fsp3) is 0.417. The number of nitrogens with zero attached hydrogens (tertiary/aromatic N) is 1. The van der Waals surface area contributed by atoms with E-state index in [2.05, 4.69) is 15.9 Å². The third-order valence-corrected chi connectivity index (χ3v) is 6.08. The molecule has 1 aromatic carbocycles. The summed E-state index contributed by atoms with van der Waals surface area (Å²) in [4.78, 5) is 11.3. The number of aliphatic carboxylic acids is 1. The first-order valence-electron chi connectivity index (χ1n) is 5.94. The normalized spacial score (nSPS) is 21.2. The Hall–Kier alpha value is -0.920. The van der Waals surface area contributed by atoms with Crippen LogP contribution in [-0.2, 0) is 14.8 Å². The first-order valence-corrected chi connectivity index (χ1v) is 8.17. The highest BCUT2D eigenvalue weighted by Gasteiger charge is 2.38. The Morgan fingerprint density at radius 1 is 1.32 bits per heavy atom. The molecule has 0 spiro atoms. The van der Waals surface area contributed by atoms with Gasteiger partial charge in [0.1, 0.15) is 6.04 Å². The smallest absolute Gasteiger partial charge is 0.322 e. The Labute approximate surface area is 120 Å². The molecule has 1 aliphatic heterocycles. The molecular weight excluding hydrogens is 334 g/mol. The minimum atomic E-state index is -3.78. The van der Waals surface area contributed by atoms with Crippen LogP contribution < -0.4 is 0 Å². The van der Waals surface area contributed by atoms with Crippen molar-refractivity contribution < 1.29 is 18.3 Å². The molecule has 1 atom stereocenters. The average molecular weight is 348 g/mol. The highest BCUT2D eigenvalue weighted by atomic mass is 79.9. The molecule has 1 fully saturated rings. The van der Waals surface area contributed by atoms with E-state index in [9.17, 15) is 18.3 Å². The quantitative estimate of drug-likeness (QED) is 0.908. The second-order valence-corrected chi connectivity index (χ2v) is 7.11. The van der Waals surface area contributed by atoms with Gasteiger partial charge in [-0.1, -0.05) is 12.1 Å². The Balaban J connectivity index is 2.43. The number of halogens is 1. The molecule has 104 valence electrons. The van der Waals surface area contributed by atoms with Crippen molar-refractivity contribution in [2.75, 3.05) is 6.54 Å². The Morgan fingerprint density at radius 2 is 2.00 bits per heavy atom. The maximum atomic E-state index is 12.6. The first-order chi connectivity index (χ1) is 8.94. The molecule has 7 heteroatoms. The molecular formula is C12H14BrNO4S. The largest absolute Gasteiger partial charge is 0.480 e. The first kappa shape index (κ1) is 14.5. The van der Waals surface area contributed by atoms with E-state index in [-0.39, 0.29) is 11.4 Å². The van der Waals surface area contributed by atoms with E-state index in [1.807, 2.05) is 0 Å². The van der Waals surface area contributed by atoms with Gasteiger partial charge in [-0.05, 0) is 47.3 Å². The molecule has 0 aliphatic carbocycles. The predicted molar refractivity (Wildman–Crippen MR) is 73.3 cm³/mol. The number of benzene rings is 1. The zero-order valence-corrected chi connectivity index (χ0v) is 12.5. The van der Waals surface area contributed by atoms with Crippen LogP contribution in [0.25, 0.3) is 0 Å². The zero-order valence-electron chi connectivity index (χ0n) is 10.1. The van der Waals surface area contributed by atoms with Crippen molar-refractivity contribution in [3.8, 4) is 0 Å². The van der Waals surface area contributed by atoms with Crippen LogP contribution in [-0.4, -0.2) is 36.4 Å². The van der Waals surface area contributed by atoms with E-state index in [4.69, 9.17) is 0 Å². The van der Waals surface area contributed by atoms with E-state index < -0.39 is 22.0 Å². The maximum absolute atomic E-state index is 12.6. The van der Waals surface area contributed by atoms with E-state index in [1.54, 1.807) is 18.2 Å². The van der Waals surface area contributed by atoms with Gasteiger partial charge in [-0.25, -0.2) is 8.42 Å². The van der Waals surface area contributed by atoms with E-state index in [0.717, 1.165) is 10.7 Å². The fourth-order valence-electron chi connectivity index (χ4n) is 2.22. The molecule has 1 aromatic rings. The molecule has 1 heterocycles. The lowest BCUT2D eigenvalue weighted by Gasteiger charge is -2.32. The number of rotatable bonds is 3. The standard InChI is InChI=1S/C12H14BrNO4S/c13-9-5-1-2-7-11(9)19(17,18)14-8-4-3-6-10(14)12(15)16/h1-2,5,7,10H,3-4,6,8H2,(H,15,16)/t10-/m0/s1. The number of sulfonamides is 1. The van der Waals surface area contributed by atoms with Crippen LogP contribution in [0.15, 0.2) is 33.6 Å². The van der Waals surface area contributed by atoms with Crippen LogP contribution >= 0.6 is 15.9 Å². The van der Waals surface area contributed by atoms with Crippen molar-refractivity contribution in [1.29, 1.82) is 0 Å². The highest BCUT2D eigenvalue weighted by Crippen LogP contribution is 2.29. The molecule has 0 saturated carbocycles. The Bertz CT molecular complexity index is 587. The van der Waals surface area contributed by atoms with Crippen LogP contribution in [0.3, 0.4) is 0 Å². The third kappa shape index (κ3) is 2.82. The number of hydrogen-bond donors (Lipinski definition) is 1. The second kappa shape index (κ2) is 5.60. The molecule has 0 amide bonds. The van der Waals surface area contributed by atoms with Gasteiger partial charge in [-0.15, -0.1) is 0 Å². The minimum Gasteiger partial charge on any atom is -0.480 e. The number of hydrogen-bond acceptors (Lipinski definition) is 3. The molecule has 5 nitrogen and oxygen atoms in total. The summed E-state index contributed by atoms with van der Waals surface area (Å²) in [5.41, 5.74) is 0. The maximum Gasteiger partial charge on any atom is 0.322 e. The molecule has 0 unspecified atom stereocenters. The number of carbonyl (C=O) groups is 1. The minimum absolute atomic E-state index is 0.114. The fourth-order valence-corrected chi connectivity index (χ4v) is 4.84. The molecule has 2 rings (SSSR count). The van der Waals surface area contributed by atoms with Gasteiger partial charge in [0.2, 0.25) is 10.0 Å². The van der Waals surface area contributed by atoms with Gasteiger partial charge in [0.05, 0.1) is 4.90 Å². The summed E-state index contributed by atoms with van der Waals surface area (Å²) in [7, 11) is -3.78. The monoisotopic (exact) mass is 347 g/mol. The van der Waals surface area contributed by atoms with Crippen molar-refractivity contribution in [3.05, 3.63) is 28.7 Å². The van der Waals surface area contributed by atoms with Gasteiger partial charge in [-0.2, -0.15) is 4.31 Å². The molecule has 19 heavy (non-hydrogen) atoms. The van der Waals surface area contributed by atoms with Gasteiger partial charge < -0.3 is 5.11 Å². The summed E-state index contributed by atoms with van der Waals surface area (Å²) in [6.45, 7) is 0.251. The molecule has 0 radical (unpaired) electrons. The SMILES string of the molecule is O=C(O)[C@@H]1CCCCN1S(=O)(=O)c1ccccc1Br. The molecule has 1 N–H and O–H groups in total. The van der Waals surface area contributed by atoms with E-state index in [0.29, 0.717) is 17.3 Å². The molecule has 0 aromatic heterocycles. The summed E-state index contributed by atoms with van der Waals surface area (Å²) in [5.74, 6) is -1.09. The zero-order chi connectivity index (χ0) is 14.0. The average Bonchev–Trinajstić information content (AvgIpc) is 2.39. The van der Waals surface area contributed by atoms with Crippen molar-refractivity contribution in [2.45, 2.75) is 30.2 Å². The number of carboxylic acids is 1. The third-order valence-electron chi connectivity index (χ3n) is 3.16. The van der Waals surface area contributed by atoms with Crippen molar-refractivity contribution in [1.82, 2.24) is 4.31 Å². The second-order valence-electron chi connectivity index (χ2n) is 4.40. The van der Waals surface area contributed by atoms with Crippen LogP contribution in [0.1, 0.15) is 19.3 Å². The molecule has 1 saturated heterocycles. The van der Waals surface area contributed by atoms with Crippen LogP contribution in [0.2, 0.25) is 0 Å². The molecule has 0 bridgehead atoms. The van der Waals surface area contributed by atoms with E-state index >= 15 is 0 Å². The van der Waals surface area contributed by atoms with Gasteiger partial charge in [0, 0.05) is 11.0 Å². The summed E-state index contributed by atoms with van der Waals surface area (Å²) >= 11 is 3.20. The Kier molecular flexibility index (Phi) is 4.27. The number of piperidine rings is 1. The van der Waals surface area contributed by atoms with E-state index in [1.165, 1.54) is 6.07 Å². The van der Waals surface area contributed by atoms with Gasteiger partial charge in [-0.3, -0.25) is 4.79 Å². The molecule has 1 aliphatic rings. The Morgan fingerprint density at radius 3 is 2.63 bits per heavy atom. The van der Waals surface area contributed by atoms with Gasteiger partial charge in [0.15, 0.2) is 0 Å². The van der Waals surface area contributed by atoms with Crippen LogP contribution in [0.5, 0.6) is 0 Å². The summed E-state index contributed by atoms with van der Waals surface area (Å²) in [5, 5.41) is 9.17.